The van der Waals surface area contributed by atoms with Gasteiger partial charge in [0.2, 0.25) is 0 Å². The van der Waals surface area contributed by atoms with Crippen molar-refractivity contribution >= 4 is 72.3 Å². The normalized spacial score (nSPS) is 15.1. The summed E-state index contributed by atoms with van der Waals surface area (Å²) in [4.78, 5) is 1.79. The third kappa shape index (κ3) is 6.23. The monoisotopic (exact) mass is 825 g/mol. The quantitative estimate of drug-likeness (QED) is 0.114. The molecule has 11 aromatic carbocycles. The molecule has 0 saturated heterocycles. The van der Waals surface area contributed by atoms with E-state index >= 15 is 0 Å². The molecule has 64 heavy (non-hydrogen) atoms. The van der Waals surface area contributed by atoms with Crippen molar-refractivity contribution in [3.05, 3.63) is 246 Å². The lowest BCUT2D eigenvalue weighted by Crippen LogP contribution is -2.16. The number of hydrogen-bond acceptors (Lipinski definition) is 1. The van der Waals surface area contributed by atoms with E-state index in [2.05, 4.69) is 86.7 Å². The number of rotatable bonds is 7. The molecule has 0 aliphatic heterocycles. The van der Waals surface area contributed by atoms with Crippen LogP contribution < -0.4 is 4.90 Å². The zero-order chi connectivity index (χ0) is 51.5. The molecule has 1 aliphatic rings. The van der Waals surface area contributed by atoms with Crippen molar-refractivity contribution in [3.8, 4) is 33.4 Å². The van der Waals surface area contributed by atoms with Gasteiger partial charge >= 0.3 is 0 Å². The van der Waals surface area contributed by atoms with Crippen molar-refractivity contribution < 1.29 is 13.7 Å². The highest BCUT2D eigenvalue weighted by atomic mass is 15.1. The van der Waals surface area contributed by atoms with E-state index in [9.17, 15) is 0 Å². The fourth-order valence-corrected chi connectivity index (χ4v) is 9.93. The van der Waals surface area contributed by atoms with Gasteiger partial charge in [-0.05, 0) is 147 Å². The van der Waals surface area contributed by atoms with Crippen molar-refractivity contribution in [2.45, 2.75) is 19.3 Å². The molecule has 0 fully saturated rings. The molecule has 0 bridgehead atoms. The number of fused-ring (bicyclic) bond motifs is 7. The topological polar surface area (TPSA) is 3.24 Å². The summed E-state index contributed by atoms with van der Waals surface area (Å²) in [5, 5.41) is 7.94. The largest absolute Gasteiger partial charge is 0.310 e. The third-order valence-electron chi connectivity index (χ3n) is 13.0. The van der Waals surface area contributed by atoms with Crippen LogP contribution in [0.1, 0.15) is 49.8 Å². The highest BCUT2D eigenvalue weighted by molar-refractivity contribution is 6.21. The van der Waals surface area contributed by atoms with Crippen molar-refractivity contribution in [3.63, 3.8) is 0 Å². The van der Waals surface area contributed by atoms with Crippen molar-refractivity contribution in [1.82, 2.24) is 0 Å². The highest BCUT2D eigenvalue weighted by Gasteiger charge is 2.36. The molecule has 0 N–H and O–H groups in total. The first-order valence-corrected chi connectivity index (χ1v) is 21.5. The molecule has 0 saturated carbocycles. The Hall–Kier alpha value is -8.00. The lowest BCUT2D eigenvalue weighted by molar-refractivity contribution is 0.660. The Morgan fingerprint density at radius 3 is 1.69 bits per heavy atom. The zero-order valence-electron chi connectivity index (χ0n) is 45.2. The van der Waals surface area contributed by atoms with Gasteiger partial charge in [-0.3, -0.25) is 0 Å². The third-order valence-corrected chi connectivity index (χ3v) is 13.0. The van der Waals surface area contributed by atoms with Gasteiger partial charge in [0.05, 0.1) is 13.7 Å². The van der Waals surface area contributed by atoms with Gasteiger partial charge < -0.3 is 4.90 Å². The Balaban J connectivity index is 0.970. The smallest absolute Gasteiger partial charge is 0.0645 e. The van der Waals surface area contributed by atoms with E-state index in [0.717, 1.165) is 87.6 Å². The van der Waals surface area contributed by atoms with Crippen LogP contribution in [0.2, 0.25) is 0 Å². The van der Waals surface area contributed by atoms with Crippen molar-refractivity contribution in [2.75, 3.05) is 4.90 Å². The average Bonchev–Trinajstić information content (AvgIpc) is 3.64. The van der Waals surface area contributed by atoms with Crippen LogP contribution in [-0.2, 0) is 5.41 Å². The Morgan fingerprint density at radius 1 is 0.406 bits per heavy atom. The summed E-state index contributed by atoms with van der Waals surface area (Å²) >= 11 is 0. The van der Waals surface area contributed by atoms with Crippen LogP contribution >= 0.6 is 0 Å². The van der Waals surface area contributed by atoms with Crippen LogP contribution in [0.15, 0.2) is 224 Å². The molecule has 12 rings (SSSR count). The Morgan fingerprint density at radius 2 is 0.969 bits per heavy atom. The maximum Gasteiger partial charge on any atom is 0.0645 e. The van der Waals surface area contributed by atoms with E-state index in [1.807, 2.05) is 103 Å². The van der Waals surface area contributed by atoms with Gasteiger partial charge in [0.1, 0.15) is 0 Å². The average molecular weight is 826 g/mol. The number of hydrogen-bond donors (Lipinski definition) is 0. The summed E-state index contributed by atoms with van der Waals surface area (Å²) in [6.07, 6.45) is 4.35. The first kappa shape index (κ1) is 28.6. The van der Waals surface area contributed by atoms with Gasteiger partial charge in [-0.2, -0.15) is 0 Å². The predicted molar refractivity (Wildman–Crippen MR) is 275 cm³/mol. The van der Waals surface area contributed by atoms with Gasteiger partial charge in [0, 0.05) is 22.5 Å². The van der Waals surface area contributed by atoms with Gasteiger partial charge in [-0.15, -0.1) is 0 Å². The summed E-state index contributed by atoms with van der Waals surface area (Å²) in [6.45, 7) is 4.41. The zero-order valence-corrected chi connectivity index (χ0v) is 35.2. The molecule has 0 aromatic heterocycles. The van der Waals surface area contributed by atoms with Crippen LogP contribution in [0.25, 0.3) is 88.6 Å². The maximum absolute atomic E-state index is 9.08. The van der Waals surface area contributed by atoms with E-state index < -0.39 is 29.6 Å². The lowest BCUT2D eigenvalue weighted by atomic mass is 9.81. The molecule has 1 aliphatic carbocycles. The van der Waals surface area contributed by atoms with Gasteiger partial charge in [0.15, 0.2) is 0 Å². The Kier molecular flexibility index (Phi) is 6.75. The molecule has 302 valence electrons. The molecule has 0 spiro atoms. The molecular formula is C63H45N. The summed E-state index contributed by atoms with van der Waals surface area (Å²) in [7, 11) is 0. The second-order valence-electron chi connectivity index (χ2n) is 17.0. The first-order chi connectivity index (χ1) is 35.6. The van der Waals surface area contributed by atoms with Crippen LogP contribution in [0.5, 0.6) is 0 Å². The number of anilines is 3. The first-order valence-electron chi connectivity index (χ1n) is 26.5. The van der Waals surface area contributed by atoms with Crippen molar-refractivity contribution in [2.24, 2.45) is 0 Å². The Bertz CT molecular complexity index is 4140. The molecule has 0 amide bonds. The second-order valence-corrected chi connectivity index (χ2v) is 17.0. The standard InChI is InChI=1S/C63H45N/c1-63(2)60-37-42(30-35-55(60)56-36-33-50(41-61(56)63)64(48-22-7-4-8-23-48)49-32-31-44-19-9-10-20-45(44)39-49)29-34-54-52-25-13-15-27-57(52)62(58-28-16-14-26-53(54)58)59-40-47(43-17-5-3-6-18-43)38-46-21-11-12-24-51(46)59/h3-41H,1-2H3/b34-29+/i3D,4D,5D,6D,7D,8D,17D,18D,22D,23D. The summed E-state index contributed by atoms with van der Waals surface area (Å²) in [5.74, 6) is 0. The van der Waals surface area contributed by atoms with E-state index in [-0.39, 0.29) is 47.5 Å². The second kappa shape index (κ2) is 15.1. The summed E-state index contributed by atoms with van der Waals surface area (Å²) in [5.41, 5.74) is 9.95. The van der Waals surface area contributed by atoms with Crippen LogP contribution in [-0.4, -0.2) is 0 Å². The van der Waals surface area contributed by atoms with E-state index in [0.29, 0.717) is 16.9 Å². The van der Waals surface area contributed by atoms with Crippen LogP contribution in [0.3, 0.4) is 0 Å². The predicted octanol–water partition coefficient (Wildman–Crippen LogP) is 17.6. The molecule has 0 radical (unpaired) electrons. The van der Waals surface area contributed by atoms with Crippen LogP contribution in [0.4, 0.5) is 17.1 Å². The highest BCUT2D eigenvalue weighted by Crippen LogP contribution is 2.51. The van der Waals surface area contributed by atoms with E-state index in [1.54, 1.807) is 4.90 Å². The van der Waals surface area contributed by atoms with Crippen molar-refractivity contribution in [1.29, 1.82) is 0 Å². The van der Waals surface area contributed by atoms with Gasteiger partial charge in [-0.25, -0.2) is 0 Å². The van der Waals surface area contributed by atoms with E-state index in [4.69, 9.17) is 13.7 Å². The minimum absolute atomic E-state index is 0.0790. The fraction of sp³-hybridized carbons (Fsp3) is 0.0476. The minimum atomic E-state index is -0.479. The summed E-state index contributed by atoms with van der Waals surface area (Å²) in [6, 6.07) is 51.7. The molecular weight excluding hydrogens is 771 g/mol. The van der Waals surface area contributed by atoms with Gasteiger partial charge in [-0.1, -0.05) is 202 Å². The molecule has 1 nitrogen and oxygen atoms in total. The molecule has 0 heterocycles. The summed E-state index contributed by atoms with van der Waals surface area (Å²) < 4.78 is 86.7. The van der Waals surface area contributed by atoms with Crippen LogP contribution in [0, 0.1) is 0 Å². The maximum atomic E-state index is 9.08. The minimum Gasteiger partial charge on any atom is -0.310 e. The van der Waals surface area contributed by atoms with E-state index in [1.165, 1.54) is 0 Å². The SMILES string of the molecule is [2H]c1c([2H])c([2H])c(-c2cc(-c3c4ccccc4c(/C=C/c4ccc5c(c4)C(C)(C)c4cc(N(c6ccc7ccccc7c6)c6c([2H])c([2H])c([2H])c([2H])c6[2H])ccc4-5)c4ccccc34)c3ccccc3c2)c([2H])c1[2H]. The molecule has 0 atom stereocenters. The Labute approximate surface area is 388 Å². The number of benzene rings is 11. The van der Waals surface area contributed by atoms with Gasteiger partial charge in [0.25, 0.3) is 0 Å². The molecule has 11 aromatic rings. The lowest BCUT2D eigenvalue weighted by Gasteiger charge is -2.28. The molecule has 0 unspecified atom stereocenters. The fourth-order valence-electron chi connectivity index (χ4n) is 9.93. The number of para-hydroxylation sites is 1. The molecule has 1 heteroatoms. The number of nitrogens with zero attached hydrogens (tertiary/aromatic N) is 1.